The molecule has 144 valence electrons. The van der Waals surface area contributed by atoms with Crippen LogP contribution in [0, 0.1) is 0 Å². The lowest BCUT2D eigenvalue weighted by atomic mass is 10.2. The maximum atomic E-state index is 12.7. The van der Waals surface area contributed by atoms with Gasteiger partial charge < -0.3 is 15.1 Å². The highest BCUT2D eigenvalue weighted by Crippen LogP contribution is 2.29. The Morgan fingerprint density at radius 2 is 1.85 bits per heavy atom. The van der Waals surface area contributed by atoms with Crippen LogP contribution in [0.15, 0.2) is 42.6 Å². The summed E-state index contributed by atoms with van der Waals surface area (Å²) in [6.07, 6.45) is -2.89. The number of nitrogens with zero attached hydrogens (tertiary/aromatic N) is 3. The second-order valence-electron chi connectivity index (χ2n) is 6.14. The molecular weight excluding hydrogens is 381 g/mol. The topological polar surface area (TPSA) is 48.5 Å². The second kappa shape index (κ2) is 8.04. The van der Waals surface area contributed by atoms with Crippen LogP contribution >= 0.6 is 11.6 Å². The number of aromatic nitrogens is 1. The van der Waals surface area contributed by atoms with Gasteiger partial charge >= 0.3 is 12.2 Å². The van der Waals surface area contributed by atoms with Gasteiger partial charge in [-0.05, 0) is 30.7 Å². The largest absolute Gasteiger partial charge is 0.417 e. The number of para-hydroxylation sites is 1. The van der Waals surface area contributed by atoms with Crippen molar-refractivity contribution in [2.45, 2.75) is 12.6 Å². The van der Waals surface area contributed by atoms with Crippen molar-refractivity contribution in [3.05, 3.63) is 53.2 Å². The number of alkyl halides is 3. The Hall–Kier alpha value is -2.48. The number of carbonyl (C=O) groups is 1. The third-order valence-corrected chi connectivity index (χ3v) is 4.63. The van der Waals surface area contributed by atoms with Crippen LogP contribution in [0.25, 0.3) is 0 Å². The van der Waals surface area contributed by atoms with Gasteiger partial charge in [0.05, 0.1) is 16.3 Å². The third-order valence-electron chi connectivity index (χ3n) is 4.30. The van der Waals surface area contributed by atoms with E-state index in [9.17, 15) is 18.0 Å². The Labute approximate surface area is 159 Å². The highest BCUT2D eigenvalue weighted by Gasteiger charge is 2.31. The molecule has 2 heterocycles. The summed E-state index contributed by atoms with van der Waals surface area (Å²) in [5.74, 6) is 0.469. The standard InChI is InChI=1S/C18H18ClF3N4O/c19-14-4-1-2-5-15(14)24-17(27)26-9-3-8-25(10-11-26)16-7-6-13(12-23-16)18(20,21)22/h1-2,4-7,12H,3,8-11H2,(H,24,27). The first-order chi connectivity index (χ1) is 12.8. The molecule has 0 radical (unpaired) electrons. The summed E-state index contributed by atoms with van der Waals surface area (Å²) < 4.78 is 38.0. The smallest absolute Gasteiger partial charge is 0.355 e. The van der Waals surface area contributed by atoms with Gasteiger partial charge in [-0.1, -0.05) is 23.7 Å². The van der Waals surface area contributed by atoms with E-state index in [2.05, 4.69) is 10.3 Å². The van der Waals surface area contributed by atoms with Gasteiger partial charge in [-0.15, -0.1) is 0 Å². The van der Waals surface area contributed by atoms with Crippen molar-refractivity contribution in [1.29, 1.82) is 0 Å². The van der Waals surface area contributed by atoms with Gasteiger partial charge in [0.1, 0.15) is 5.82 Å². The molecule has 9 heteroatoms. The molecule has 0 spiro atoms. The average molecular weight is 399 g/mol. The molecule has 1 aromatic carbocycles. The van der Waals surface area contributed by atoms with E-state index in [4.69, 9.17) is 11.6 Å². The van der Waals surface area contributed by atoms with Crippen LogP contribution in [0.4, 0.5) is 29.5 Å². The molecule has 0 aliphatic carbocycles. The molecule has 27 heavy (non-hydrogen) atoms. The normalized spacial score (nSPS) is 15.4. The number of carbonyl (C=O) groups excluding carboxylic acids is 1. The van der Waals surface area contributed by atoms with Crippen molar-refractivity contribution in [3.63, 3.8) is 0 Å². The molecule has 3 rings (SSSR count). The highest BCUT2D eigenvalue weighted by molar-refractivity contribution is 6.33. The van der Waals surface area contributed by atoms with E-state index < -0.39 is 11.7 Å². The number of anilines is 2. The summed E-state index contributed by atoms with van der Waals surface area (Å²) >= 11 is 6.06. The lowest BCUT2D eigenvalue weighted by Gasteiger charge is -2.23. The second-order valence-corrected chi connectivity index (χ2v) is 6.55. The van der Waals surface area contributed by atoms with Crippen LogP contribution in [-0.2, 0) is 6.18 Å². The quantitative estimate of drug-likeness (QED) is 0.810. The van der Waals surface area contributed by atoms with Crippen LogP contribution in [-0.4, -0.2) is 42.1 Å². The van der Waals surface area contributed by atoms with Crippen molar-refractivity contribution < 1.29 is 18.0 Å². The zero-order valence-electron chi connectivity index (χ0n) is 14.3. The zero-order chi connectivity index (χ0) is 19.4. The summed E-state index contributed by atoms with van der Waals surface area (Å²) in [6, 6.07) is 9.09. The van der Waals surface area contributed by atoms with Crippen LogP contribution in [0.1, 0.15) is 12.0 Å². The van der Waals surface area contributed by atoms with Crippen LogP contribution in [0.5, 0.6) is 0 Å². The molecule has 2 aromatic rings. The predicted molar refractivity (Wildman–Crippen MR) is 98.1 cm³/mol. The first kappa shape index (κ1) is 19.3. The Morgan fingerprint density at radius 3 is 2.52 bits per heavy atom. The minimum Gasteiger partial charge on any atom is -0.355 e. The van der Waals surface area contributed by atoms with Crippen molar-refractivity contribution in [2.24, 2.45) is 0 Å². The monoisotopic (exact) mass is 398 g/mol. The SMILES string of the molecule is O=C(Nc1ccccc1Cl)N1CCCN(c2ccc(C(F)(F)F)cn2)CC1. The molecule has 1 N–H and O–H groups in total. The van der Waals surface area contributed by atoms with E-state index in [1.165, 1.54) is 6.07 Å². The minimum absolute atomic E-state index is 0.259. The van der Waals surface area contributed by atoms with Crippen LogP contribution in [0.3, 0.4) is 0 Å². The number of pyridine rings is 1. The summed E-state index contributed by atoms with van der Waals surface area (Å²) in [4.78, 5) is 19.9. The Kier molecular flexibility index (Phi) is 5.74. The lowest BCUT2D eigenvalue weighted by Crippen LogP contribution is -2.38. The number of rotatable bonds is 2. The Bertz CT molecular complexity index is 798. The number of benzene rings is 1. The molecule has 1 aromatic heterocycles. The Balaban J connectivity index is 1.62. The molecule has 0 bridgehead atoms. The molecule has 1 fully saturated rings. The van der Waals surface area contributed by atoms with E-state index in [1.807, 2.05) is 4.90 Å². The molecule has 0 atom stereocenters. The van der Waals surface area contributed by atoms with Gasteiger partial charge in [0.2, 0.25) is 0 Å². The van der Waals surface area contributed by atoms with Gasteiger partial charge in [0, 0.05) is 32.4 Å². The van der Waals surface area contributed by atoms with E-state index in [0.717, 1.165) is 12.3 Å². The molecule has 0 unspecified atom stereocenters. The maximum Gasteiger partial charge on any atom is 0.417 e. The van der Waals surface area contributed by atoms with Crippen molar-refractivity contribution >= 4 is 29.1 Å². The van der Waals surface area contributed by atoms with E-state index in [0.29, 0.717) is 49.1 Å². The van der Waals surface area contributed by atoms with Gasteiger partial charge in [-0.3, -0.25) is 0 Å². The molecule has 2 amide bonds. The molecular formula is C18H18ClF3N4O. The number of hydrogen-bond acceptors (Lipinski definition) is 3. The minimum atomic E-state index is -4.40. The number of amides is 2. The van der Waals surface area contributed by atoms with Crippen LogP contribution in [0.2, 0.25) is 5.02 Å². The summed E-state index contributed by atoms with van der Waals surface area (Å²) in [7, 11) is 0. The maximum absolute atomic E-state index is 12.7. The van der Waals surface area contributed by atoms with Crippen molar-refractivity contribution in [2.75, 3.05) is 36.4 Å². The fourth-order valence-electron chi connectivity index (χ4n) is 2.85. The number of nitrogens with one attached hydrogen (secondary N) is 1. The Morgan fingerprint density at radius 1 is 1.07 bits per heavy atom. The fraction of sp³-hybridized carbons (Fsp3) is 0.333. The van der Waals surface area contributed by atoms with Gasteiger partial charge in [0.15, 0.2) is 0 Å². The molecule has 5 nitrogen and oxygen atoms in total. The van der Waals surface area contributed by atoms with Crippen molar-refractivity contribution in [1.82, 2.24) is 9.88 Å². The first-order valence-electron chi connectivity index (χ1n) is 8.43. The highest BCUT2D eigenvalue weighted by atomic mass is 35.5. The summed E-state index contributed by atoms with van der Waals surface area (Å²) in [5, 5.41) is 3.24. The third kappa shape index (κ3) is 4.82. The average Bonchev–Trinajstić information content (AvgIpc) is 2.89. The summed E-state index contributed by atoms with van der Waals surface area (Å²) in [6.45, 7) is 2.05. The number of halogens is 4. The van der Waals surface area contributed by atoms with Crippen LogP contribution < -0.4 is 10.2 Å². The fourth-order valence-corrected chi connectivity index (χ4v) is 3.03. The van der Waals surface area contributed by atoms with E-state index in [1.54, 1.807) is 29.2 Å². The predicted octanol–water partition coefficient (Wildman–Crippen LogP) is 4.50. The van der Waals surface area contributed by atoms with Gasteiger partial charge in [0.25, 0.3) is 0 Å². The van der Waals surface area contributed by atoms with Gasteiger partial charge in [-0.25, -0.2) is 9.78 Å². The number of hydrogen-bond donors (Lipinski definition) is 1. The number of urea groups is 1. The zero-order valence-corrected chi connectivity index (χ0v) is 15.1. The van der Waals surface area contributed by atoms with E-state index >= 15 is 0 Å². The lowest BCUT2D eigenvalue weighted by molar-refractivity contribution is -0.137. The van der Waals surface area contributed by atoms with Crippen molar-refractivity contribution in [3.8, 4) is 0 Å². The first-order valence-corrected chi connectivity index (χ1v) is 8.81. The molecule has 0 saturated carbocycles. The van der Waals surface area contributed by atoms with Gasteiger partial charge in [-0.2, -0.15) is 13.2 Å². The molecule has 1 saturated heterocycles. The summed E-state index contributed by atoms with van der Waals surface area (Å²) in [5.41, 5.74) is -0.239. The van der Waals surface area contributed by atoms with E-state index in [-0.39, 0.29) is 6.03 Å². The molecule has 1 aliphatic rings. The molecule has 1 aliphatic heterocycles.